The van der Waals surface area contributed by atoms with E-state index in [0.717, 1.165) is 16.2 Å². The lowest BCUT2D eigenvalue weighted by Gasteiger charge is -2.21. The molecule has 2 aliphatic heterocycles. The van der Waals surface area contributed by atoms with Crippen LogP contribution in [0.3, 0.4) is 0 Å². The Hall–Kier alpha value is -2.61. The molecule has 0 N–H and O–H groups in total. The van der Waals surface area contributed by atoms with Crippen molar-refractivity contribution in [2.45, 2.75) is 12.5 Å². The van der Waals surface area contributed by atoms with Gasteiger partial charge in [-0.25, -0.2) is 12.8 Å². The average Bonchev–Trinajstić information content (AvgIpc) is 3.21. The molecule has 6 nitrogen and oxygen atoms in total. The van der Waals surface area contributed by atoms with Crippen LogP contribution >= 0.6 is 0 Å². The number of nitrogens with zero attached hydrogens (tertiary/aromatic N) is 2. The molecule has 2 heterocycles. The van der Waals surface area contributed by atoms with E-state index in [1.54, 1.807) is 30.3 Å². The Kier molecular flexibility index (Phi) is 3.64. The van der Waals surface area contributed by atoms with Crippen molar-refractivity contribution in [3.8, 4) is 11.5 Å². The standard InChI is InChI=1S/C17H15FN2O4S/c1-25(21,22)20-15(12-4-7-16-17(8-12)24-10-23-16)9-14(19-20)11-2-5-13(18)6-3-11/h2-8,15H,9-10H2,1H3/t15-/m0/s1. The largest absolute Gasteiger partial charge is 0.454 e. The molecule has 0 saturated heterocycles. The fraction of sp³-hybridized carbons (Fsp3) is 0.235. The van der Waals surface area contributed by atoms with Crippen molar-refractivity contribution in [1.29, 1.82) is 0 Å². The third-order valence-electron chi connectivity index (χ3n) is 4.17. The Bertz CT molecular complexity index is 957. The highest BCUT2D eigenvalue weighted by atomic mass is 32.2. The first-order chi connectivity index (χ1) is 11.9. The molecular formula is C17H15FN2O4S. The zero-order valence-corrected chi connectivity index (χ0v) is 14.2. The van der Waals surface area contributed by atoms with E-state index in [1.165, 1.54) is 12.1 Å². The third kappa shape index (κ3) is 2.93. The Morgan fingerprint density at radius 1 is 1.12 bits per heavy atom. The molecular weight excluding hydrogens is 347 g/mol. The zero-order chi connectivity index (χ0) is 17.6. The summed E-state index contributed by atoms with van der Waals surface area (Å²) in [5.74, 6) is 0.864. The van der Waals surface area contributed by atoms with E-state index in [9.17, 15) is 12.8 Å². The van der Waals surface area contributed by atoms with Crippen LogP contribution in [0.25, 0.3) is 0 Å². The molecule has 0 saturated carbocycles. The van der Waals surface area contributed by atoms with Crippen LogP contribution in [0.1, 0.15) is 23.6 Å². The maximum absolute atomic E-state index is 13.1. The van der Waals surface area contributed by atoms with Gasteiger partial charge < -0.3 is 9.47 Å². The van der Waals surface area contributed by atoms with Gasteiger partial charge in [0.15, 0.2) is 11.5 Å². The van der Waals surface area contributed by atoms with Crippen LogP contribution in [0, 0.1) is 5.82 Å². The summed E-state index contributed by atoms with van der Waals surface area (Å²) in [7, 11) is -3.56. The van der Waals surface area contributed by atoms with Crippen LogP contribution in [-0.4, -0.2) is 31.6 Å². The van der Waals surface area contributed by atoms with Crippen molar-refractivity contribution in [1.82, 2.24) is 4.41 Å². The minimum absolute atomic E-state index is 0.149. The Balaban J connectivity index is 1.72. The summed E-state index contributed by atoms with van der Waals surface area (Å²) >= 11 is 0. The maximum Gasteiger partial charge on any atom is 0.247 e. The molecule has 2 aromatic rings. The van der Waals surface area contributed by atoms with Crippen LogP contribution in [0.2, 0.25) is 0 Å². The Morgan fingerprint density at radius 3 is 2.56 bits per heavy atom. The number of sulfonamides is 1. The van der Waals surface area contributed by atoms with Gasteiger partial charge in [0.05, 0.1) is 18.0 Å². The number of hydrazone groups is 1. The second kappa shape index (κ2) is 5.73. The highest BCUT2D eigenvalue weighted by molar-refractivity contribution is 7.88. The predicted octanol–water partition coefficient (Wildman–Crippen LogP) is 2.67. The fourth-order valence-electron chi connectivity index (χ4n) is 2.98. The molecule has 4 rings (SSSR count). The molecule has 0 bridgehead atoms. The second-order valence-corrected chi connectivity index (χ2v) is 7.76. The molecule has 2 aromatic carbocycles. The molecule has 0 spiro atoms. The van der Waals surface area contributed by atoms with E-state index < -0.39 is 16.1 Å². The summed E-state index contributed by atoms with van der Waals surface area (Å²) in [6.07, 6.45) is 1.50. The topological polar surface area (TPSA) is 68.2 Å². The van der Waals surface area contributed by atoms with Gasteiger partial charge in [0.25, 0.3) is 0 Å². The van der Waals surface area contributed by atoms with Crippen molar-refractivity contribution in [3.05, 3.63) is 59.4 Å². The first kappa shape index (κ1) is 15.9. The molecule has 0 radical (unpaired) electrons. The highest BCUT2D eigenvalue weighted by Gasteiger charge is 2.35. The monoisotopic (exact) mass is 362 g/mol. The minimum atomic E-state index is -3.56. The van der Waals surface area contributed by atoms with Gasteiger partial charge >= 0.3 is 0 Å². The molecule has 0 amide bonds. The predicted molar refractivity (Wildman–Crippen MR) is 89.5 cm³/mol. The summed E-state index contributed by atoms with van der Waals surface area (Å²) in [5.41, 5.74) is 2.04. The lowest BCUT2D eigenvalue weighted by atomic mass is 9.99. The van der Waals surface area contributed by atoms with Gasteiger partial charge in [-0.3, -0.25) is 0 Å². The molecule has 1 atom stereocenters. The van der Waals surface area contributed by atoms with Crippen molar-refractivity contribution >= 4 is 15.7 Å². The van der Waals surface area contributed by atoms with E-state index in [-0.39, 0.29) is 12.6 Å². The summed E-state index contributed by atoms with van der Waals surface area (Å²) in [4.78, 5) is 0. The first-order valence-electron chi connectivity index (χ1n) is 7.64. The Labute approximate surface area is 144 Å². The molecule has 130 valence electrons. The molecule has 0 aromatic heterocycles. The summed E-state index contributed by atoms with van der Waals surface area (Å²) in [5, 5.41) is 4.28. The van der Waals surface area contributed by atoms with E-state index >= 15 is 0 Å². The van der Waals surface area contributed by atoms with Crippen molar-refractivity contribution < 1.29 is 22.3 Å². The molecule has 8 heteroatoms. The lowest BCUT2D eigenvalue weighted by molar-refractivity contribution is 0.174. The van der Waals surface area contributed by atoms with Crippen molar-refractivity contribution in [3.63, 3.8) is 0 Å². The van der Waals surface area contributed by atoms with Gasteiger partial charge in [0.2, 0.25) is 16.8 Å². The van der Waals surface area contributed by atoms with Gasteiger partial charge in [-0.2, -0.15) is 9.52 Å². The van der Waals surface area contributed by atoms with Crippen molar-refractivity contribution in [2.24, 2.45) is 5.10 Å². The van der Waals surface area contributed by atoms with Crippen LogP contribution < -0.4 is 9.47 Å². The smallest absolute Gasteiger partial charge is 0.247 e. The van der Waals surface area contributed by atoms with E-state index in [2.05, 4.69) is 5.10 Å². The minimum Gasteiger partial charge on any atom is -0.454 e. The zero-order valence-electron chi connectivity index (χ0n) is 13.3. The molecule has 0 unspecified atom stereocenters. The maximum atomic E-state index is 13.1. The van der Waals surface area contributed by atoms with Crippen molar-refractivity contribution in [2.75, 3.05) is 13.0 Å². The highest BCUT2D eigenvalue weighted by Crippen LogP contribution is 2.40. The van der Waals surface area contributed by atoms with Gasteiger partial charge in [0, 0.05) is 6.42 Å². The second-order valence-electron chi connectivity index (χ2n) is 5.92. The number of hydrogen-bond acceptors (Lipinski definition) is 5. The molecule has 2 aliphatic rings. The average molecular weight is 362 g/mol. The van der Waals surface area contributed by atoms with Gasteiger partial charge in [-0.15, -0.1) is 0 Å². The number of hydrogen-bond donors (Lipinski definition) is 0. The van der Waals surface area contributed by atoms with E-state index in [1.807, 2.05) is 0 Å². The molecule has 0 fully saturated rings. The van der Waals surface area contributed by atoms with Crippen LogP contribution in [0.15, 0.2) is 47.6 Å². The number of fused-ring (bicyclic) bond motifs is 1. The quantitative estimate of drug-likeness (QED) is 0.842. The first-order valence-corrected chi connectivity index (χ1v) is 9.49. The van der Waals surface area contributed by atoms with E-state index in [0.29, 0.717) is 29.2 Å². The molecule has 25 heavy (non-hydrogen) atoms. The van der Waals surface area contributed by atoms with E-state index in [4.69, 9.17) is 9.47 Å². The number of benzene rings is 2. The van der Waals surface area contributed by atoms with Crippen LogP contribution in [0.5, 0.6) is 11.5 Å². The SMILES string of the molecule is CS(=O)(=O)N1N=C(c2ccc(F)cc2)C[C@H]1c1ccc2c(c1)OCO2. The number of rotatable bonds is 3. The lowest BCUT2D eigenvalue weighted by Crippen LogP contribution is -2.25. The van der Waals surface area contributed by atoms with Crippen LogP contribution in [0.4, 0.5) is 4.39 Å². The normalized spacial score (nSPS) is 19.2. The number of halogens is 1. The summed E-state index contributed by atoms with van der Waals surface area (Å²) in [6.45, 7) is 0.149. The summed E-state index contributed by atoms with van der Waals surface area (Å²) < 4.78 is 49.3. The molecule has 0 aliphatic carbocycles. The van der Waals surface area contributed by atoms with Gasteiger partial charge in [-0.1, -0.05) is 18.2 Å². The van der Waals surface area contributed by atoms with Gasteiger partial charge in [0.1, 0.15) is 5.82 Å². The fourth-order valence-corrected chi connectivity index (χ4v) is 3.89. The third-order valence-corrected chi connectivity index (χ3v) is 5.19. The van der Waals surface area contributed by atoms with Gasteiger partial charge in [-0.05, 0) is 35.4 Å². The Morgan fingerprint density at radius 2 is 1.84 bits per heavy atom. The number of ether oxygens (including phenoxy) is 2. The summed E-state index contributed by atoms with van der Waals surface area (Å²) in [6, 6.07) is 10.7. The van der Waals surface area contributed by atoms with Crippen LogP contribution in [-0.2, 0) is 10.0 Å².